The molecule has 0 N–H and O–H groups in total. The average molecular weight is 271 g/mol. The van der Waals surface area contributed by atoms with Crippen molar-refractivity contribution in [1.82, 2.24) is 4.90 Å². The second kappa shape index (κ2) is 5.87. The normalized spacial score (nSPS) is 10.4. The number of carbonyl (C=O) groups is 1. The van der Waals surface area contributed by atoms with E-state index in [1.165, 1.54) is 12.1 Å². The highest BCUT2D eigenvalue weighted by Gasteiger charge is 2.12. The van der Waals surface area contributed by atoms with Crippen LogP contribution < -0.4 is 0 Å². The van der Waals surface area contributed by atoms with E-state index in [-0.39, 0.29) is 11.7 Å². The van der Waals surface area contributed by atoms with E-state index in [4.69, 9.17) is 0 Å². The summed E-state index contributed by atoms with van der Waals surface area (Å²) in [6.45, 7) is 4.39. The first-order valence-corrected chi connectivity index (χ1v) is 6.54. The van der Waals surface area contributed by atoms with Crippen LogP contribution in [0.1, 0.15) is 27.0 Å². The van der Waals surface area contributed by atoms with Crippen molar-refractivity contribution in [2.75, 3.05) is 7.05 Å². The van der Waals surface area contributed by atoms with Gasteiger partial charge in [0.2, 0.25) is 0 Å². The zero-order chi connectivity index (χ0) is 14.7. The van der Waals surface area contributed by atoms with Gasteiger partial charge in [0.1, 0.15) is 5.82 Å². The Morgan fingerprint density at radius 1 is 1.10 bits per heavy atom. The van der Waals surface area contributed by atoms with Crippen molar-refractivity contribution < 1.29 is 9.18 Å². The Kier molecular flexibility index (Phi) is 4.18. The Morgan fingerprint density at radius 3 is 2.50 bits per heavy atom. The molecule has 20 heavy (non-hydrogen) atoms. The van der Waals surface area contributed by atoms with E-state index >= 15 is 0 Å². The molecule has 0 aliphatic carbocycles. The molecule has 0 atom stereocenters. The molecule has 0 unspecified atom stereocenters. The quantitative estimate of drug-likeness (QED) is 0.833. The van der Waals surface area contributed by atoms with Crippen LogP contribution in [0.15, 0.2) is 42.5 Å². The van der Waals surface area contributed by atoms with Gasteiger partial charge < -0.3 is 4.90 Å². The number of nitrogens with zero attached hydrogens (tertiary/aromatic N) is 1. The van der Waals surface area contributed by atoms with Gasteiger partial charge in [-0.3, -0.25) is 4.79 Å². The zero-order valence-corrected chi connectivity index (χ0v) is 12.0. The van der Waals surface area contributed by atoms with E-state index in [9.17, 15) is 9.18 Å². The van der Waals surface area contributed by atoms with E-state index < -0.39 is 0 Å². The van der Waals surface area contributed by atoms with Gasteiger partial charge in [0.05, 0.1) is 0 Å². The van der Waals surface area contributed by atoms with Gasteiger partial charge in [0, 0.05) is 19.2 Å². The summed E-state index contributed by atoms with van der Waals surface area (Å²) < 4.78 is 13.1. The Bertz CT molecular complexity index is 637. The van der Waals surface area contributed by atoms with Crippen LogP contribution in [0.25, 0.3) is 0 Å². The van der Waals surface area contributed by atoms with Crippen molar-refractivity contribution >= 4 is 5.91 Å². The largest absolute Gasteiger partial charge is 0.337 e. The Labute approximate surface area is 118 Å². The number of amides is 1. The van der Waals surface area contributed by atoms with Gasteiger partial charge in [-0.15, -0.1) is 0 Å². The summed E-state index contributed by atoms with van der Waals surface area (Å²) in [5.41, 5.74) is 3.70. The molecule has 0 spiro atoms. The maximum atomic E-state index is 13.1. The Hall–Kier alpha value is -2.16. The fourth-order valence-corrected chi connectivity index (χ4v) is 2.08. The van der Waals surface area contributed by atoms with Crippen molar-refractivity contribution in [2.45, 2.75) is 20.4 Å². The maximum Gasteiger partial charge on any atom is 0.253 e. The molecule has 0 saturated carbocycles. The van der Waals surface area contributed by atoms with Crippen LogP contribution in [0.4, 0.5) is 4.39 Å². The third kappa shape index (κ3) is 3.23. The first-order chi connectivity index (χ1) is 9.47. The van der Waals surface area contributed by atoms with Crippen molar-refractivity contribution in [2.24, 2.45) is 0 Å². The summed E-state index contributed by atoms with van der Waals surface area (Å²) in [7, 11) is 1.72. The van der Waals surface area contributed by atoms with Crippen LogP contribution in [-0.4, -0.2) is 17.9 Å². The van der Waals surface area contributed by atoms with Crippen molar-refractivity contribution in [3.63, 3.8) is 0 Å². The molecule has 0 aliphatic heterocycles. The molecular formula is C17H18FNO. The van der Waals surface area contributed by atoms with Crippen LogP contribution in [0, 0.1) is 19.7 Å². The summed E-state index contributed by atoms with van der Waals surface area (Å²) in [4.78, 5) is 13.9. The molecule has 0 radical (unpaired) electrons. The molecule has 2 rings (SSSR count). The monoisotopic (exact) mass is 271 g/mol. The van der Waals surface area contributed by atoms with Crippen molar-refractivity contribution in [3.8, 4) is 0 Å². The van der Waals surface area contributed by atoms with Crippen LogP contribution in [0.5, 0.6) is 0 Å². The fourth-order valence-electron chi connectivity index (χ4n) is 2.08. The minimum absolute atomic E-state index is 0.0580. The Balaban J connectivity index is 2.14. The molecule has 0 aliphatic rings. The second-order valence-electron chi connectivity index (χ2n) is 5.09. The van der Waals surface area contributed by atoms with Crippen molar-refractivity contribution in [3.05, 3.63) is 70.5 Å². The summed E-state index contributed by atoms with van der Waals surface area (Å²) in [5, 5.41) is 0. The number of hydrogen-bond donors (Lipinski definition) is 0. The summed E-state index contributed by atoms with van der Waals surface area (Å²) >= 11 is 0. The fraction of sp³-hybridized carbons (Fsp3) is 0.235. The lowest BCUT2D eigenvalue weighted by Crippen LogP contribution is -2.26. The molecule has 0 heterocycles. The highest BCUT2D eigenvalue weighted by molar-refractivity contribution is 5.94. The lowest BCUT2D eigenvalue weighted by atomic mass is 10.1. The number of rotatable bonds is 3. The minimum Gasteiger partial charge on any atom is -0.337 e. The highest BCUT2D eigenvalue weighted by atomic mass is 19.1. The second-order valence-corrected chi connectivity index (χ2v) is 5.09. The van der Waals surface area contributed by atoms with E-state index in [1.54, 1.807) is 18.0 Å². The first-order valence-electron chi connectivity index (χ1n) is 6.54. The molecule has 1 amide bonds. The number of halogens is 1. The molecule has 3 heteroatoms. The zero-order valence-electron chi connectivity index (χ0n) is 12.0. The van der Waals surface area contributed by atoms with Gasteiger partial charge in [-0.1, -0.05) is 18.2 Å². The minimum atomic E-state index is -0.283. The van der Waals surface area contributed by atoms with Gasteiger partial charge in [-0.25, -0.2) is 4.39 Å². The number of carbonyl (C=O) groups excluding carboxylic acids is 1. The third-order valence-corrected chi connectivity index (χ3v) is 3.41. The molecule has 2 nitrogen and oxygen atoms in total. The van der Waals surface area contributed by atoms with E-state index in [0.29, 0.717) is 12.1 Å². The number of benzene rings is 2. The lowest BCUT2D eigenvalue weighted by Gasteiger charge is -2.18. The van der Waals surface area contributed by atoms with Crippen LogP contribution >= 0.6 is 0 Å². The molecule has 0 fully saturated rings. The van der Waals surface area contributed by atoms with Crippen LogP contribution in [0.3, 0.4) is 0 Å². The molecule has 0 aromatic heterocycles. The van der Waals surface area contributed by atoms with Crippen LogP contribution in [-0.2, 0) is 6.54 Å². The predicted octanol–water partition coefficient (Wildman–Crippen LogP) is 3.71. The van der Waals surface area contributed by atoms with Crippen LogP contribution in [0.2, 0.25) is 0 Å². The highest BCUT2D eigenvalue weighted by Crippen LogP contribution is 2.13. The number of aryl methyl sites for hydroxylation is 2. The maximum absolute atomic E-state index is 13.1. The van der Waals surface area contributed by atoms with Gasteiger partial charge in [-0.05, 0) is 54.8 Å². The average Bonchev–Trinajstić information content (AvgIpc) is 2.41. The smallest absolute Gasteiger partial charge is 0.253 e. The van der Waals surface area contributed by atoms with Gasteiger partial charge >= 0.3 is 0 Å². The van der Waals surface area contributed by atoms with Crippen molar-refractivity contribution in [1.29, 1.82) is 0 Å². The summed E-state index contributed by atoms with van der Waals surface area (Å²) in [5.74, 6) is -0.341. The van der Waals surface area contributed by atoms with Gasteiger partial charge in [-0.2, -0.15) is 0 Å². The van der Waals surface area contributed by atoms with Gasteiger partial charge in [0.15, 0.2) is 0 Å². The number of hydrogen-bond acceptors (Lipinski definition) is 1. The standard InChI is InChI=1S/C17H18FNO/c1-12-7-8-15(9-13(12)2)17(20)19(3)11-14-5-4-6-16(18)10-14/h4-10H,11H2,1-3H3. The molecule has 2 aromatic rings. The van der Waals surface area contributed by atoms with E-state index in [2.05, 4.69) is 0 Å². The molecular weight excluding hydrogens is 253 g/mol. The lowest BCUT2D eigenvalue weighted by molar-refractivity contribution is 0.0785. The summed E-state index contributed by atoms with van der Waals surface area (Å²) in [6.07, 6.45) is 0. The first kappa shape index (κ1) is 14.3. The molecule has 0 saturated heterocycles. The molecule has 104 valence electrons. The summed E-state index contributed by atoms with van der Waals surface area (Å²) in [6, 6.07) is 12.0. The SMILES string of the molecule is Cc1ccc(C(=O)N(C)Cc2cccc(F)c2)cc1C. The van der Waals surface area contributed by atoms with E-state index in [0.717, 1.165) is 16.7 Å². The third-order valence-electron chi connectivity index (χ3n) is 3.41. The van der Waals surface area contributed by atoms with E-state index in [1.807, 2.05) is 38.1 Å². The topological polar surface area (TPSA) is 20.3 Å². The van der Waals surface area contributed by atoms with Gasteiger partial charge in [0.25, 0.3) is 5.91 Å². The predicted molar refractivity (Wildman–Crippen MR) is 78.1 cm³/mol. The molecule has 2 aromatic carbocycles. The Morgan fingerprint density at radius 2 is 1.85 bits per heavy atom. The molecule has 0 bridgehead atoms.